The maximum absolute atomic E-state index is 5.02. The monoisotopic (exact) mass is 596 g/mol. The van der Waals surface area contributed by atoms with Gasteiger partial charge in [0.05, 0.1) is 0 Å². The van der Waals surface area contributed by atoms with Gasteiger partial charge in [0.15, 0.2) is 0 Å². The number of aliphatic imine (C=N–C) groups is 1. The van der Waals surface area contributed by atoms with Crippen molar-refractivity contribution in [3.8, 4) is 0 Å². The SMILES string of the molecule is CCCCCCCCCCCCCCN=C(CC[AsH]CCCCCCCCCCCCCC)NC(C)(C)C. The van der Waals surface area contributed by atoms with Crippen molar-refractivity contribution in [3.05, 3.63) is 0 Å². The van der Waals surface area contributed by atoms with Crippen molar-refractivity contribution in [1.29, 1.82) is 0 Å². The molecule has 0 radical (unpaired) electrons. The van der Waals surface area contributed by atoms with Crippen LogP contribution in [-0.4, -0.2) is 33.7 Å². The molecule has 228 valence electrons. The molecular weight excluding hydrogens is 523 g/mol. The third-order valence-electron chi connectivity index (χ3n) is 7.58. The van der Waals surface area contributed by atoms with E-state index >= 15 is 0 Å². The summed E-state index contributed by atoms with van der Waals surface area (Å²) in [4.78, 5) is 5.02. The molecule has 0 bridgehead atoms. The van der Waals surface area contributed by atoms with Crippen LogP contribution in [0.3, 0.4) is 0 Å². The fourth-order valence-corrected chi connectivity index (χ4v) is 7.64. The van der Waals surface area contributed by atoms with Crippen molar-refractivity contribution in [2.75, 3.05) is 6.54 Å². The molecule has 0 rings (SSSR count). The standard InChI is InChI=1S/C35H73AsN2/c1-6-8-10-12-14-16-18-20-22-24-26-28-31-36-32-30-34(38-35(3,4)5)37-33-29-27-25-23-21-19-17-15-13-11-9-7-2/h36H,6-33H2,1-5H3,(H,37,38). The van der Waals surface area contributed by atoms with Crippen molar-refractivity contribution in [3.63, 3.8) is 0 Å². The van der Waals surface area contributed by atoms with E-state index in [1.807, 2.05) is 0 Å². The van der Waals surface area contributed by atoms with Gasteiger partial charge in [0, 0.05) is 0 Å². The van der Waals surface area contributed by atoms with Gasteiger partial charge in [0.2, 0.25) is 0 Å². The molecule has 0 aliphatic rings. The zero-order valence-corrected chi connectivity index (χ0v) is 29.3. The number of nitrogens with zero attached hydrogens (tertiary/aromatic N) is 1. The van der Waals surface area contributed by atoms with Crippen molar-refractivity contribution >= 4 is 21.6 Å². The Morgan fingerprint density at radius 2 is 0.868 bits per heavy atom. The van der Waals surface area contributed by atoms with Gasteiger partial charge in [-0.15, -0.1) is 0 Å². The fourth-order valence-electron chi connectivity index (χ4n) is 5.20. The third-order valence-corrected chi connectivity index (χ3v) is 10.3. The molecule has 0 spiro atoms. The van der Waals surface area contributed by atoms with Crippen LogP contribution < -0.4 is 5.32 Å². The molecular formula is C35H73AsN2. The number of rotatable bonds is 29. The summed E-state index contributed by atoms with van der Waals surface area (Å²) in [5.41, 5.74) is 0.130. The van der Waals surface area contributed by atoms with Crippen LogP contribution in [0.15, 0.2) is 4.99 Å². The van der Waals surface area contributed by atoms with E-state index in [4.69, 9.17) is 4.99 Å². The molecule has 1 atom stereocenters. The van der Waals surface area contributed by atoms with E-state index in [1.165, 1.54) is 177 Å². The first-order chi connectivity index (χ1) is 18.5. The first-order valence-electron chi connectivity index (χ1n) is 17.5. The number of nitrogens with one attached hydrogen (secondary N) is 1. The molecule has 0 amide bonds. The zero-order chi connectivity index (χ0) is 28.0. The molecule has 0 aliphatic heterocycles. The minimum absolute atomic E-state index is 0.130. The van der Waals surface area contributed by atoms with Gasteiger partial charge in [-0.05, 0) is 0 Å². The molecule has 1 N–H and O–H groups in total. The van der Waals surface area contributed by atoms with Gasteiger partial charge >= 0.3 is 197 Å². The van der Waals surface area contributed by atoms with E-state index in [9.17, 15) is 0 Å². The van der Waals surface area contributed by atoms with Crippen molar-refractivity contribution in [2.45, 2.75) is 211 Å². The van der Waals surface area contributed by atoms with Crippen LogP contribution in [0.5, 0.6) is 0 Å². The van der Waals surface area contributed by atoms with Gasteiger partial charge in [-0.2, -0.15) is 0 Å². The Kier molecular flexibility index (Phi) is 30.0. The summed E-state index contributed by atoms with van der Waals surface area (Å²) in [5.74, 6) is 1.29. The molecule has 0 aliphatic carbocycles. The maximum atomic E-state index is 5.02. The Labute approximate surface area is 248 Å². The Bertz CT molecular complexity index is 483. The predicted octanol–water partition coefficient (Wildman–Crippen LogP) is 11.8. The second-order valence-corrected chi connectivity index (χ2v) is 16.1. The van der Waals surface area contributed by atoms with Crippen LogP contribution in [0.2, 0.25) is 10.4 Å². The van der Waals surface area contributed by atoms with E-state index in [0.717, 1.165) is 6.54 Å². The topological polar surface area (TPSA) is 24.4 Å². The molecule has 0 saturated heterocycles. The average molecular weight is 597 g/mol. The molecule has 0 aromatic heterocycles. The van der Waals surface area contributed by atoms with Gasteiger partial charge in [0.1, 0.15) is 0 Å². The van der Waals surface area contributed by atoms with Gasteiger partial charge in [-0.25, -0.2) is 0 Å². The first-order valence-corrected chi connectivity index (χ1v) is 20.5. The van der Waals surface area contributed by atoms with Crippen LogP contribution in [0.4, 0.5) is 0 Å². The van der Waals surface area contributed by atoms with Gasteiger partial charge in [-0.3, -0.25) is 0 Å². The number of unbranched alkanes of at least 4 members (excludes halogenated alkanes) is 22. The summed E-state index contributed by atoms with van der Waals surface area (Å²) in [5, 5.41) is 6.66. The summed E-state index contributed by atoms with van der Waals surface area (Å²) in [6, 6.07) is 0. The molecule has 38 heavy (non-hydrogen) atoms. The van der Waals surface area contributed by atoms with Crippen LogP contribution in [-0.2, 0) is 0 Å². The van der Waals surface area contributed by atoms with Gasteiger partial charge < -0.3 is 0 Å². The number of hydrogen-bond donors (Lipinski definition) is 1. The minimum atomic E-state index is 0.130. The van der Waals surface area contributed by atoms with Crippen LogP contribution >= 0.6 is 0 Å². The average Bonchev–Trinajstić information content (AvgIpc) is 2.88. The van der Waals surface area contributed by atoms with Crippen LogP contribution in [0.1, 0.15) is 195 Å². The Morgan fingerprint density at radius 3 is 1.26 bits per heavy atom. The Morgan fingerprint density at radius 1 is 0.500 bits per heavy atom. The number of hydrogen-bond acceptors (Lipinski definition) is 1. The van der Waals surface area contributed by atoms with Crippen molar-refractivity contribution in [2.24, 2.45) is 4.99 Å². The second-order valence-electron chi connectivity index (χ2n) is 13.0. The summed E-state index contributed by atoms with van der Waals surface area (Å²) in [6.45, 7) is 12.4. The van der Waals surface area contributed by atoms with Crippen LogP contribution in [0, 0.1) is 0 Å². The summed E-state index contributed by atoms with van der Waals surface area (Å²) in [7, 11) is 0. The van der Waals surface area contributed by atoms with E-state index in [-0.39, 0.29) is 21.3 Å². The van der Waals surface area contributed by atoms with Gasteiger partial charge in [-0.1, -0.05) is 52.4 Å². The number of amidine groups is 1. The van der Waals surface area contributed by atoms with E-state index in [0.29, 0.717) is 0 Å². The van der Waals surface area contributed by atoms with Crippen molar-refractivity contribution < 1.29 is 0 Å². The second kappa shape index (κ2) is 30.0. The molecule has 0 fully saturated rings. The molecule has 0 aromatic carbocycles. The molecule has 0 aromatic rings. The van der Waals surface area contributed by atoms with E-state index < -0.39 is 0 Å². The molecule has 0 saturated carbocycles. The van der Waals surface area contributed by atoms with E-state index in [2.05, 4.69) is 39.9 Å². The Hall–Kier alpha value is 0.0284. The fraction of sp³-hybridized carbons (Fsp3) is 0.971. The van der Waals surface area contributed by atoms with Crippen molar-refractivity contribution in [1.82, 2.24) is 5.32 Å². The summed E-state index contributed by atoms with van der Waals surface area (Å²) in [6.07, 6.45) is 35.7. The predicted molar refractivity (Wildman–Crippen MR) is 179 cm³/mol. The molecule has 3 heteroatoms. The summed E-state index contributed by atoms with van der Waals surface area (Å²) < 4.78 is 0. The zero-order valence-electron chi connectivity index (χ0n) is 27.2. The summed E-state index contributed by atoms with van der Waals surface area (Å²) >= 11 is 0.211. The first kappa shape index (κ1) is 38.0. The molecule has 1 unspecified atom stereocenters. The van der Waals surface area contributed by atoms with Gasteiger partial charge in [0.25, 0.3) is 0 Å². The Balaban J connectivity index is 3.69. The molecule has 0 heterocycles. The normalized spacial score (nSPS) is 12.7. The third kappa shape index (κ3) is 32.2. The van der Waals surface area contributed by atoms with Crippen LogP contribution in [0.25, 0.3) is 0 Å². The molecule has 2 nitrogen and oxygen atoms in total. The van der Waals surface area contributed by atoms with E-state index in [1.54, 1.807) is 0 Å². The quantitative estimate of drug-likeness (QED) is 0.0395.